The number of nitrogens with one attached hydrogen (secondary N) is 1. The molecule has 0 amide bonds. The van der Waals surface area contributed by atoms with Crippen LogP contribution in [0.1, 0.15) is 24.6 Å². The van der Waals surface area contributed by atoms with Crippen LogP contribution in [-0.4, -0.2) is 28.9 Å². The predicted molar refractivity (Wildman–Crippen MR) is 108 cm³/mol. The van der Waals surface area contributed by atoms with E-state index in [0.717, 1.165) is 46.6 Å². The third kappa shape index (κ3) is 5.07. The largest absolute Gasteiger partial charge is 0.488 e. The zero-order valence-electron chi connectivity index (χ0n) is 13.8. The number of benzene rings is 1. The Morgan fingerprint density at radius 3 is 2.72 bits per heavy atom. The summed E-state index contributed by atoms with van der Waals surface area (Å²) < 4.78 is 5.79. The van der Waals surface area contributed by atoms with Crippen LogP contribution in [0.2, 0.25) is 10.0 Å². The second kappa shape index (κ2) is 9.72. The number of thioether (sulfide) groups is 1. The quantitative estimate of drug-likeness (QED) is 0.508. The summed E-state index contributed by atoms with van der Waals surface area (Å²) in [6.07, 6.45) is 2.64. The minimum absolute atomic E-state index is 0. The number of ether oxygens (including phenoxy) is 1. The summed E-state index contributed by atoms with van der Waals surface area (Å²) in [6.45, 7) is 3.48. The molecule has 1 aromatic heterocycles. The molecule has 8 heteroatoms. The lowest BCUT2D eigenvalue weighted by Gasteiger charge is -2.20. The molecule has 4 nitrogen and oxygen atoms in total. The molecule has 0 bridgehead atoms. The Kier molecular flexibility index (Phi) is 7.94. The summed E-state index contributed by atoms with van der Waals surface area (Å²) in [5.74, 6) is 2.49. The van der Waals surface area contributed by atoms with E-state index in [0.29, 0.717) is 29.6 Å². The van der Waals surface area contributed by atoms with Gasteiger partial charge in [-0.25, -0.2) is 9.97 Å². The minimum atomic E-state index is 0. The summed E-state index contributed by atoms with van der Waals surface area (Å²) in [7, 11) is 0. The van der Waals surface area contributed by atoms with Crippen LogP contribution in [-0.2, 0) is 12.8 Å². The van der Waals surface area contributed by atoms with Crippen LogP contribution in [0.25, 0.3) is 0 Å². The number of hydrogen-bond donors (Lipinski definition) is 1. The van der Waals surface area contributed by atoms with Crippen molar-refractivity contribution in [1.29, 1.82) is 0 Å². The van der Waals surface area contributed by atoms with E-state index in [9.17, 15) is 0 Å². The molecule has 0 spiro atoms. The third-order valence-corrected chi connectivity index (χ3v) is 5.16. The number of anilines is 1. The summed E-state index contributed by atoms with van der Waals surface area (Å²) in [5, 5.41) is 5.53. The van der Waals surface area contributed by atoms with Gasteiger partial charge < -0.3 is 10.1 Å². The molecule has 1 aliphatic heterocycles. The molecule has 2 heterocycles. The topological polar surface area (TPSA) is 47.0 Å². The Hall–Kier alpha value is -0.880. The highest BCUT2D eigenvalue weighted by molar-refractivity contribution is 7.99. The smallest absolute Gasteiger partial charge is 0.190 e. The van der Waals surface area contributed by atoms with E-state index in [-0.39, 0.29) is 12.4 Å². The Balaban J connectivity index is 0.00000225. The van der Waals surface area contributed by atoms with Gasteiger partial charge in [-0.15, -0.1) is 12.4 Å². The van der Waals surface area contributed by atoms with Gasteiger partial charge in [0.15, 0.2) is 16.7 Å². The van der Waals surface area contributed by atoms with Gasteiger partial charge in [0.1, 0.15) is 0 Å². The third-order valence-electron chi connectivity index (χ3n) is 3.72. The molecule has 0 radical (unpaired) electrons. The molecule has 25 heavy (non-hydrogen) atoms. The number of nitrogens with zero attached hydrogens (tertiary/aromatic N) is 2. The molecule has 2 aromatic rings. The fourth-order valence-corrected chi connectivity index (χ4v) is 3.77. The molecular formula is C17H20Cl3N3OS. The Labute approximate surface area is 168 Å². The van der Waals surface area contributed by atoms with Crippen LogP contribution in [0, 0.1) is 0 Å². The first-order chi connectivity index (χ1) is 11.7. The zero-order valence-corrected chi connectivity index (χ0v) is 17.0. The number of aryl methyl sites for hydroxylation is 1. The summed E-state index contributed by atoms with van der Waals surface area (Å²) in [5.41, 5.74) is 1.94. The Morgan fingerprint density at radius 1 is 1.24 bits per heavy atom. The van der Waals surface area contributed by atoms with Gasteiger partial charge in [0.25, 0.3) is 0 Å². The number of rotatable bonds is 6. The summed E-state index contributed by atoms with van der Waals surface area (Å²) in [4.78, 5) is 9.20. The molecule has 0 saturated heterocycles. The van der Waals surface area contributed by atoms with E-state index in [1.54, 1.807) is 11.8 Å². The first-order valence-corrected chi connectivity index (χ1v) is 9.76. The molecule has 0 unspecified atom stereocenters. The molecule has 0 aliphatic carbocycles. The van der Waals surface area contributed by atoms with Crippen molar-refractivity contribution in [2.45, 2.75) is 31.3 Å². The normalized spacial score (nSPS) is 12.8. The number of hydrogen-bond acceptors (Lipinski definition) is 5. The van der Waals surface area contributed by atoms with Gasteiger partial charge in [-0.1, -0.05) is 48.0 Å². The van der Waals surface area contributed by atoms with Gasteiger partial charge in [-0.05, 0) is 42.7 Å². The Morgan fingerprint density at radius 2 is 2.00 bits per heavy atom. The van der Waals surface area contributed by atoms with Crippen LogP contribution in [0.3, 0.4) is 0 Å². The lowest BCUT2D eigenvalue weighted by atomic mass is 10.1. The Bertz CT molecular complexity index is 710. The first kappa shape index (κ1) is 20.4. The first-order valence-electron chi connectivity index (χ1n) is 8.02. The summed E-state index contributed by atoms with van der Waals surface area (Å²) >= 11 is 14.1. The average molecular weight is 421 g/mol. The highest BCUT2D eigenvalue weighted by atomic mass is 35.5. The van der Waals surface area contributed by atoms with Crippen molar-refractivity contribution in [3.8, 4) is 5.75 Å². The lowest BCUT2D eigenvalue weighted by Crippen LogP contribution is -2.16. The van der Waals surface area contributed by atoms with Crippen LogP contribution in [0.5, 0.6) is 5.75 Å². The molecule has 0 saturated carbocycles. The van der Waals surface area contributed by atoms with Crippen LogP contribution < -0.4 is 10.1 Å². The fraction of sp³-hybridized carbons (Fsp3) is 0.412. The van der Waals surface area contributed by atoms with Crippen molar-refractivity contribution in [1.82, 2.24) is 9.97 Å². The monoisotopic (exact) mass is 419 g/mol. The van der Waals surface area contributed by atoms with E-state index in [1.807, 2.05) is 18.2 Å². The van der Waals surface area contributed by atoms with Crippen LogP contribution >= 0.6 is 47.4 Å². The van der Waals surface area contributed by atoms with Gasteiger partial charge >= 0.3 is 0 Å². The fourth-order valence-electron chi connectivity index (χ4n) is 2.60. The maximum atomic E-state index is 6.23. The number of halogens is 3. The van der Waals surface area contributed by atoms with Crippen molar-refractivity contribution >= 4 is 53.2 Å². The number of fused-ring (bicyclic) bond motifs is 1. The van der Waals surface area contributed by atoms with Gasteiger partial charge in [0, 0.05) is 16.6 Å². The zero-order chi connectivity index (χ0) is 16.9. The maximum Gasteiger partial charge on any atom is 0.190 e. The van der Waals surface area contributed by atoms with Gasteiger partial charge in [-0.3, -0.25) is 0 Å². The minimum Gasteiger partial charge on any atom is -0.488 e. The van der Waals surface area contributed by atoms with E-state index >= 15 is 0 Å². The second-order valence-electron chi connectivity index (χ2n) is 5.39. The van der Waals surface area contributed by atoms with E-state index in [2.05, 4.69) is 22.2 Å². The molecule has 0 atom stereocenters. The predicted octanol–water partition coefficient (Wildman–Crippen LogP) is 5.30. The van der Waals surface area contributed by atoms with Crippen molar-refractivity contribution in [3.63, 3.8) is 0 Å². The van der Waals surface area contributed by atoms with Gasteiger partial charge in [-0.2, -0.15) is 0 Å². The molecule has 1 aliphatic rings. The van der Waals surface area contributed by atoms with Crippen LogP contribution in [0.4, 0.5) is 5.82 Å². The van der Waals surface area contributed by atoms with Crippen molar-refractivity contribution < 1.29 is 4.74 Å². The van der Waals surface area contributed by atoms with E-state index in [1.165, 1.54) is 0 Å². The highest BCUT2D eigenvalue weighted by Gasteiger charge is 2.19. The molecule has 1 N–H and O–H groups in total. The van der Waals surface area contributed by atoms with Crippen LogP contribution in [0.15, 0.2) is 23.4 Å². The summed E-state index contributed by atoms with van der Waals surface area (Å²) in [6, 6.07) is 5.56. The highest BCUT2D eigenvalue weighted by Crippen LogP contribution is 2.32. The average Bonchev–Trinajstić information content (AvgIpc) is 2.58. The standard InChI is InChI=1S/C17H19Cl2N3OS.ClH/c1-2-24-17-21-14-7-4-10-23-15(14)16(22-17)20-9-8-11-12(18)5-3-6-13(11)19;/h3,5-6H,2,4,7-10H2,1H3,(H,20,21,22);1H. The SMILES string of the molecule is CCSc1nc2c(c(NCCc3c(Cl)cccc3Cl)n1)OCCC2.Cl. The molecule has 1 aromatic carbocycles. The lowest BCUT2D eigenvalue weighted by molar-refractivity contribution is 0.283. The molecule has 0 fully saturated rings. The van der Waals surface area contributed by atoms with Crippen molar-refractivity contribution in [2.24, 2.45) is 0 Å². The van der Waals surface area contributed by atoms with Gasteiger partial charge in [0.05, 0.1) is 12.3 Å². The van der Waals surface area contributed by atoms with E-state index < -0.39 is 0 Å². The van der Waals surface area contributed by atoms with E-state index in [4.69, 9.17) is 27.9 Å². The van der Waals surface area contributed by atoms with Crippen molar-refractivity contribution in [2.75, 3.05) is 24.2 Å². The molecule has 136 valence electrons. The van der Waals surface area contributed by atoms with Crippen molar-refractivity contribution in [3.05, 3.63) is 39.5 Å². The maximum absolute atomic E-state index is 6.23. The number of aromatic nitrogens is 2. The van der Waals surface area contributed by atoms with Gasteiger partial charge in [0.2, 0.25) is 0 Å². The second-order valence-corrected chi connectivity index (χ2v) is 7.44. The molecular weight excluding hydrogens is 401 g/mol. The molecule has 3 rings (SSSR count).